The zero-order valence-corrected chi connectivity index (χ0v) is 13.5. The Morgan fingerprint density at radius 1 is 0.952 bits per heavy atom. The third-order valence-electron chi connectivity index (χ3n) is 4.27. The van der Waals surface area contributed by atoms with E-state index in [9.17, 15) is 0 Å². The lowest BCUT2D eigenvalue weighted by Crippen LogP contribution is -2.00. The highest BCUT2D eigenvalue weighted by Gasteiger charge is 2.07. The molecule has 0 saturated carbocycles. The van der Waals surface area contributed by atoms with Crippen molar-refractivity contribution < 1.29 is 0 Å². The van der Waals surface area contributed by atoms with E-state index in [1.54, 1.807) is 0 Å². The predicted octanol–water partition coefficient (Wildman–Crippen LogP) is 4.89. The van der Waals surface area contributed by atoms with Crippen LogP contribution in [-0.4, -0.2) is 11.1 Å². The molecule has 2 aromatic rings. The summed E-state index contributed by atoms with van der Waals surface area (Å²) in [7, 11) is 0. The molecule has 0 aliphatic rings. The lowest BCUT2D eigenvalue weighted by atomic mass is 10.1. The van der Waals surface area contributed by atoms with Gasteiger partial charge in [-0.15, -0.1) is 0 Å². The molecule has 0 amide bonds. The third-order valence-corrected chi connectivity index (χ3v) is 4.27. The zero-order chi connectivity index (χ0) is 14.9. The Kier molecular flexibility index (Phi) is 6.81. The third kappa shape index (κ3) is 4.60. The van der Waals surface area contributed by atoms with Crippen LogP contribution < -0.4 is 5.73 Å². The van der Waals surface area contributed by atoms with Gasteiger partial charge in [0.2, 0.25) is 0 Å². The van der Waals surface area contributed by atoms with Gasteiger partial charge in [-0.3, -0.25) is 0 Å². The number of rotatable bonds is 10. The lowest BCUT2D eigenvalue weighted by Gasteiger charge is -2.05. The van der Waals surface area contributed by atoms with Crippen LogP contribution in [0.3, 0.4) is 0 Å². The molecule has 0 aliphatic carbocycles. The summed E-state index contributed by atoms with van der Waals surface area (Å²) < 4.78 is 2.45. The zero-order valence-electron chi connectivity index (χ0n) is 13.5. The normalized spacial score (nSPS) is 11.3. The number of benzene rings is 1. The van der Waals surface area contributed by atoms with Gasteiger partial charge in [0.05, 0.1) is 0 Å². The van der Waals surface area contributed by atoms with Crippen molar-refractivity contribution >= 4 is 10.9 Å². The first-order valence-corrected chi connectivity index (χ1v) is 8.63. The minimum atomic E-state index is 0.775. The Hall–Kier alpha value is -1.28. The molecule has 0 unspecified atom stereocenters. The second kappa shape index (κ2) is 8.89. The lowest BCUT2D eigenvalue weighted by molar-refractivity contribution is 0.565. The number of hydrogen-bond donors (Lipinski definition) is 1. The molecule has 0 radical (unpaired) electrons. The Morgan fingerprint density at radius 2 is 1.71 bits per heavy atom. The first kappa shape index (κ1) is 16.1. The van der Waals surface area contributed by atoms with Crippen LogP contribution in [-0.2, 0) is 13.0 Å². The van der Waals surface area contributed by atoms with Crippen LogP contribution in [0.5, 0.6) is 0 Å². The van der Waals surface area contributed by atoms with E-state index in [4.69, 9.17) is 5.73 Å². The maximum absolute atomic E-state index is 5.66. The molecule has 2 rings (SSSR count). The first-order valence-electron chi connectivity index (χ1n) is 8.63. The second-order valence-corrected chi connectivity index (χ2v) is 6.02. The number of aromatic nitrogens is 1. The van der Waals surface area contributed by atoms with Gasteiger partial charge in [0, 0.05) is 23.6 Å². The van der Waals surface area contributed by atoms with Crippen LogP contribution >= 0.6 is 0 Å². The molecule has 116 valence electrons. The van der Waals surface area contributed by atoms with Crippen molar-refractivity contribution in [2.75, 3.05) is 6.54 Å². The van der Waals surface area contributed by atoms with Crippen molar-refractivity contribution in [1.29, 1.82) is 0 Å². The summed E-state index contributed by atoms with van der Waals surface area (Å²) in [5.41, 5.74) is 8.51. The Morgan fingerprint density at radius 3 is 2.52 bits per heavy atom. The molecule has 0 atom stereocenters. The summed E-state index contributed by atoms with van der Waals surface area (Å²) in [5, 5.41) is 1.41. The molecule has 21 heavy (non-hydrogen) atoms. The number of para-hydroxylation sites is 1. The highest BCUT2D eigenvalue weighted by Crippen LogP contribution is 2.23. The maximum Gasteiger partial charge on any atom is 0.0483 e. The summed E-state index contributed by atoms with van der Waals surface area (Å²) in [6.45, 7) is 4.20. The van der Waals surface area contributed by atoms with Crippen molar-refractivity contribution in [3.63, 3.8) is 0 Å². The summed E-state index contributed by atoms with van der Waals surface area (Å²) in [5.74, 6) is 0. The molecule has 1 heterocycles. The van der Waals surface area contributed by atoms with E-state index in [0.717, 1.165) is 25.9 Å². The van der Waals surface area contributed by atoms with Crippen LogP contribution in [0.1, 0.15) is 57.4 Å². The van der Waals surface area contributed by atoms with Crippen molar-refractivity contribution in [1.82, 2.24) is 4.57 Å². The summed E-state index contributed by atoms with van der Waals surface area (Å²) in [4.78, 5) is 0. The number of aryl methyl sites for hydroxylation is 2. The van der Waals surface area contributed by atoms with Gasteiger partial charge >= 0.3 is 0 Å². The molecule has 2 N–H and O–H groups in total. The van der Waals surface area contributed by atoms with Gasteiger partial charge < -0.3 is 10.3 Å². The fraction of sp³-hybridized carbons (Fsp3) is 0.579. The average molecular weight is 286 g/mol. The minimum absolute atomic E-state index is 0.775. The van der Waals surface area contributed by atoms with Crippen LogP contribution in [0.15, 0.2) is 30.5 Å². The van der Waals surface area contributed by atoms with E-state index in [1.807, 2.05) is 0 Å². The van der Waals surface area contributed by atoms with E-state index in [0.29, 0.717) is 0 Å². The van der Waals surface area contributed by atoms with E-state index in [2.05, 4.69) is 42.0 Å². The molecule has 1 aromatic heterocycles. The number of unbranched alkanes of at least 4 members (excludes halogenated alkanes) is 5. The van der Waals surface area contributed by atoms with E-state index >= 15 is 0 Å². The molecular formula is C19H30N2. The molecule has 2 heteroatoms. The van der Waals surface area contributed by atoms with E-state index in [1.165, 1.54) is 55.0 Å². The van der Waals surface area contributed by atoms with Crippen molar-refractivity contribution in [2.24, 2.45) is 5.73 Å². The SMILES string of the molecule is CCCCCCCCn1cc(CCCN)c2ccccc21. The highest BCUT2D eigenvalue weighted by molar-refractivity contribution is 5.83. The molecule has 0 saturated heterocycles. The van der Waals surface area contributed by atoms with Gasteiger partial charge in [0.25, 0.3) is 0 Å². The van der Waals surface area contributed by atoms with Crippen molar-refractivity contribution in [3.8, 4) is 0 Å². The van der Waals surface area contributed by atoms with Crippen LogP contribution in [0, 0.1) is 0 Å². The maximum atomic E-state index is 5.66. The van der Waals surface area contributed by atoms with Crippen molar-refractivity contribution in [2.45, 2.75) is 64.8 Å². The van der Waals surface area contributed by atoms with Gasteiger partial charge in [-0.2, -0.15) is 0 Å². The molecule has 2 nitrogen and oxygen atoms in total. The number of nitrogens with zero attached hydrogens (tertiary/aromatic N) is 1. The smallest absolute Gasteiger partial charge is 0.0483 e. The van der Waals surface area contributed by atoms with Gasteiger partial charge in [-0.25, -0.2) is 0 Å². The quantitative estimate of drug-likeness (QED) is 0.619. The summed E-state index contributed by atoms with van der Waals surface area (Å²) >= 11 is 0. The van der Waals surface area contributed by atoms with E-state index in [-0.39, 0.29) is 0 Å². The monoisotopic (exact) mass is 286 g/mol. The van der Waals surface area contributed by atoms with Gasteiger partial charge in [-0.05, 0) is 37.4 Å². The molecule has 1 aromatic carbocycles. The molecular weight excluding hydrogens is 256 g/mol. The van der Waals surface area contributed by atoms with Crippen LogP contribution in [0.4, 0.5) is 0 Å². The molecule has 0 aliphatic heterocycles. The summed E-state index contributed by atoms with van der Waals surface area (Å²) in [6, 6.07) is 8.79. The highest BCUT2D eigenvalue weighted by atomic mass is 15.0. The largest absolute Gasteiger partial charge is 0.347 e. The van der Waals surface area contributed by atoms with Crippen LogP contribution in [0.2, 0.25) is 0 Å². The van der Waals surface area contributed by atoms with Crippen molar-refractivity contribution in [3.05, 3.63) is 36.0 Å². The number of fused-ring (bicyclic) bond motifs is 1. The number of nitrogens with two attached hydrogens (primary N) is 1. The first-order chi connectivity index (χ1) is 10.4. The Labute approximate surface area is 129 Å². The minimum Gasteiger partial charge on any atom is -0.347 e. The second-order valence-electron chi connectivity index (χ2n) is 6.02. The summed E-state index contributed by atoms with van der Waals surface area (Å²) in [6.07, 6.45) is 12.7. The van der Waals surface area contributed by atoms with Gasteiger partial charge in [0.1, 0.15) is 0 Å². The van der Waals surface area contributed by atoms with E-state index < -0.39 is 0 Å². The average Bonchev–Trinajstić information content (AvgIpc) is 2.87. The Bertz CT molecular complexity index is 527. The molecule has 0 bridgehead atoms. The fourth-order valence-electron chi connectivity index (χ4n) is 3.06. The van der Waals surface area contributed by atoms with Gasteiger partial charge in [-0.1, -0.05) is 57.2 Å². The Balaban J connectivity index is 1.95. The number of hydrogen-bond acceptors (Lipinski definition) is 1. The predicted molar refractivity (Wildman–Crippen MR) is 92.7 cm³/mol. The standard InChI is InChI=1S/C19H30N2/c1-2-3-4-5-6-9-15-21-16-17(11-10-14-20)18-12-7-8-13-19(18)21/h7-8,12-13,16H,2-6,9-11,14-15,20H2,1H3. The molecule has 0 fully saturated rings. The topological polar surface area (TPSA) is 30.9 Å². The van der Waals surface area contributed by atoms with Crippen LogP contribution in [0.25, 0.3) is 10.9 Å². The van der Waals surface area contributed by atoms with Gasteiger partial charge in [0.15, 0.2) is 0 Å². The fourth-order valence-corrected chi connectivity index (χ4v) is 3.06. The molecule has 0 spiro atoms.